The van der Waals surface area contributed by atoms with Crippen LogP contribution in [0, 0.1) is 10.1 Å². The van der Waals surface area contributed by atoms with Crippen LogP contribution in [0.1, 0.15) is 30.6 Å². The predicted octanol–water partition coefficient (Wildman–Crippen LogP) is 3.12. The van der Waals surface area contributed by atoms with Crippen molar-refractivity contribution in [3.63, 3.8) is 0 Å². The molecule has 0 bridgehead atoms. The van der Waals surface area contributed by atoms with Crippen LogP contribution < -0.4 is 10.6 Å². The van der Waals surface area contributed by atoms with E-state index >= 15 is 0 Å². The number of fused-ring (bicyclic) bond motifs is 1. The van der Waals surface area contributed by atoms with Gasteiger partial charge in [-0.25, -0.2) is 14.6 Å². The largest absolute Gasteiger partial charge is 0.380 e. The molecular weight excluding hydrogens is 446 g/mol. The SMILES string of the molecule is CCCSc1nc(NCCOCC)c2cnn(CCNC(=O)c3cccc([N+](=O)[O-])c3)c2n1. The summed E-state index contributed by atoms with van der Waals surface area (Å²) in [6.45, 7) is 6.55. The van der Waals surface area contributed by atoms with Crippen molar-refractivity contribution in [3.05, 3.63) is 46.1 Å². The van der Waals surface area contributed by atoms with Gasteiger partial charge in [0.05, 0.1) is 29.7 Å². The number of rotatable bonds is 13. The monoisotopic (exact) mass is 473 g/mol. The fourth-order valence-electron chi connectivity index (χ4n) is 3.02. The van der Waals surface area contributed by atoms with Crippen molar-refractivity contribution in [1.82, 2.24) is 25.1 Å². The Kier molecular flexibility index (Phi) is 8.95. The van der Waals surface area contributed by atoms with Crippen LogP contribution in [0.15, 0.2) is 35.6 Å². The Labute approximate surface area is 195 Å². The molecular formula is C21H27N7O4S. The quantitative estimate of drug-likeness (QED) is 0.126. The zero-order valence-electron chi connectivity index (χ0n) is 18.6. The van der Waals surface area contributed by atoms with E-state index in [2.05, 4.69) is 32.6 Å². The molecule has 0 aliphatic carbocycles. The molecule has 0 aliphatic heterocycles. The maximum atomic E-state index is 12.4. The number of carbonyl (C=O) groups is 1. The van der Waals surface area contributed by atoms with Crippen LogP contribution in [-0.4, -0.2) is 62.6 Å². The number of benzene rings is 1. The van der Waals surface area contributed by atoms with E-state index in [4.69, 9.17) is 4.74 Å². The molecule has 1 aromatic carbocycles. The molecule has 11 nitrogen and oxygen atoms in total. The summed E-state index contributed by atoms with van der Waals surface area (Å²) in [5.41, 5.74) is 0.780. The molecule has 0 saturated carbocycles. The lowest BCUT2D eigenvalue weighted by Gasteiger charge is -2.10. The minimum absolute atomic E-state index is 0.126. The fraction of sp³-hybridized carbons (Fsp3) is 0.429. The maximum absolute atomic E-state index is 12.4. The van der Waals surface area contributed by atoms with Crippen LogP contribution in [-0.2, 0) is 11.3 Å². The Bertz CT molecular complexity index is 1110. The van der Waals surface area contributed by atoms with E-state index in [0.717, 1.165) is 17.6 Å². The number of non-ortho nitro benzene ring substituents is 1. The van der Waals surface area contributed by atoms with Crippen molar-refractivity contribution in [3.8, 4) is 0 Å². The summed E-state index contributed by atoms with van der Waals surface area (Å²) >= 11 is 1.58. The average molecular weight is 474 g/mol. The summed E-state index contributed by atoms with van der Waals surface area (Å²) in [4.78, 5) is 32.1. The molecule has 0 radical (unpaired) electrons. The number of nitrogens with zero attached hydrogens (tertiary/aromatic N) is 5. The Balaban J connectivity index is 1.71. The van der Waals surface area contributed by atoms with Gasteiger partial charge in [0, 0.05) is 43.1 Å². The molecule has 0 unspecified atom stereocenters. The molecule has 3 rings (SSSR count). The second kappa shape index (κ2) is 12.1. The van der Waals surface area contributed by atoms with Gasteiger partial charge in [0.25, 0.3) is 11.6 Å². The van der Waals surface area contributed by atoms with Gasteiger partial charge in [0.2, 0.25) is 0 Å². The number of anilines is 1. The van der Waals surface area contributed by atoms with Gasteiger partial charge >= 0.3 is 0 Å². The minimum Gasteiger partial charge on any atom is -0.380 e. The molecule has 2 aromatic heterocycles. The predicted molar refractivity (Wildman–Crippen MR) is 127 cm³/mol. The molecule has 0 fully saturated rings. The van der Waals surface area contributed by atoms with Gasteiger partial charge in [-0.2, -0.15) is 5.10 Å². The lowest BCUT2D eigenvalue weighted by Crippen LogP contribution is -2.27. The highest BCUT2D eigenvalue weighted by atomic mass is 32.2. The summed E-state index contributed by atoms with van der Waals surface area (Å²) in [6, 6.07) is 5.63. The molecule has 2 N–H and O–H groups in total. The second-order valence-corrected chi connectivity index (χ2v) is 8.06. The number of carbonyl (C=O) groups excluding carboxylic acids is 1. The summed E-state index contributed by atoms with van der Waals surface area (Å²) < 4.78 is 7.11. The van der Waals surface area contributed by atoms with Crippen molar-refractivity contribution in [2.75, 3.05) is 37.4 Å². The van der Waals surface area contributed by atoms with Crippen molar-refractivity contribution in [2.24, 2.45) is 0 Å². The lowest BCUT2D eigenvalue weighted by atomic mass is 10.2. The van der Waals surface area contributed by atoms with Crippen LogP contribution in [0.4, 0.5) is 11.5 Å². The Hall–Kier alpha value is -3.25. The van der Waals surface area contributed by atoms with E-state index in [1.165, 1.54) is 24.3 Å². The molecule has 0 aliphatic rings. The highest BCUT2D eigenvalue weighted by Crippen LogP contribution is 2.24. The summed E-state index contributed by atoms with van der Waals surface area (Å²) in [5, 5.41) is 22.9. The highest BCUT2D eigenvalue weighted by Gasteiger charge is 2.15. The van der Waals surface area contributed by atoms with E-state index in [-0.39, 0.29) is 23.7 Å². The van der Waals surface area contributed by atoms with Gasteiger partial charge in [-0.15, -0.1) is 0 Å². The van der Waals surface area contributed by atoms with Gasteiger partial charge in [-0.05, 0) is 19.4 Å². The average Bonchev–Trinajstić information content (AvgIpc) is 3.23. The number of nitro groups is 1. The molecule has 0 atom stereocenters. The first-order chi connectivity index (χ1) is 16.0. The van der Waals surface area contributed by atoms with Crippen molar-refractivity contribution in [1.29, 1.82) is 0 Å². The van der Waals surface area contributed by atoms with E-state index in [0.29, 0.717) is 42.9 Å². The number of nitrogens with one attached hydrogen (secondary N) is 2. The van der Waals surface area contributed by atoms with E-state index < -0.39 is 4.92 Å². The van der Waals surface area contributed by atoms with Crippen molar-refractivity contribution in [2.45, 2.75) is 32.0 Å². The van der Waals surface area contributed by atoms with E-state index in [1.807, 2.05) is 6.92 Å². The standard InChI is InChI=1S/C21H27N7O4S/c1-3-12-33-21-25-18(22-9-11-32-4-2)17-14-24-27(19(17)26-21)10-8-23-20(29)15-6-5-7-16(13-15)28(30)31/h5-7,13-14H,3-4,8-12H2,1-2H3,(H,23,29)(H,22,25,26). The van der Waals surface area contributed by atoms with Crippen LogP contribution in [0.5, 0.6) is 0 Å². The smallest absolute Gasteiger partial charge is 0.270 e. The third kappa shape index (κ3) is 6.62. The van der Waals surface area contributed by atoms with Gasteiger partial charge < -0.3 is 15.4 Å². The van der Waals surface area contributed by atoms with Crippen LogP contribution >= 0.6 is 11.8 Å². The highest BCUT2D eigenvalue weighted by molar-refractivity contribution is 7.99. The third-order valence-electron chi connectivity index (χ3n) is 4.58. The first-order valence-corrected chi connectivity index (χ1v) is 11.7. The van der Waals surface area contributed by atoms with Gasteiger partial charge in [0.15, 0.2) is 10.8 Å². The number of nitro benzene ring substituents is 1. The molecule has 176 valence electrons. The van der Waals surface area contributed by atoms with Crippen LogP contribution in [0.25, 0.3) is 11.0 Å². The minimum atomic E-state index is -0.527. The first-order valence-electron chi connectivity index (χ1n) is 10.7. The Morgan fingerprint density at radius 1 is 1.27 bits per heavy atom. The van der Waals surface area contributed by atoms with Gasteiger partial charge in [-0.3, -0.25) is 14.9 Å². The molecule has 0 saturated heterocycles. The Morgan fingerprint density at radius 2 is 2.12 bits per heavy atom. The molecule has 12 heteroatoms. The number of hydrogen-bond donors (Lipinski definition) is 2. The zero-order valence-corrected chi connectivity index (χ0v) is 19.4. The summed E-state index contributed by atoms with van der Waals surface area (Å²) in [6.07, 6.45) is 2.71. The van der Waals surface area contributed by atoms with Crippen molar-refractivity contribution >= 4 is 40.2 Å². The van der Waals surface area contributed by atoms with Crippen LogP contribution in [0.2, 0.25) is 0 Å². The molecule has 3 aromatic rings. The lowest BCUT2D eigenvalue weighted by molar-refractivity contribution is -0.384. The molecule has 0 spiro atoms. The number of thioether (sulfide) groups is 1. The van der Waals surface area contributed by atoms with Crippen molar-refractivity contribution < 1.29 is 14.5 Å². The normalized spacial score (nSPS) is 11.0. The van der Waals surface area contributed by atoms with Gasteiger partial charge in [0.1, 0.15) is 5.82 Å². The second-order valence-electron chi connectivity index (χ2n) is 7.00. The van der Waals surface area contributed by atoms with E-state index in [1.54, 1.807) is 22.6 Å². The summed E-state index contributed by atoms with van der Waals surface area (Å²) in [5.74, 6) is 1.21. The van der Waals surface area contributed by atoms with Gasteiger partial charge in [-0.1, -0.05) is 24.8 Å². The Morgan fingerprint density at radius 3 is 2.88 bits per heavy atom. The van der Waals surface area contributed by atoms with E-state index in [9.17, 15) is 14.9 Å². The third-order valence-corrected chi connectivity index (χ3v) is 5.64. The first kappa shape index (κ1) is 24.4. The molecule has 33 heavy (non-hydrogen) atoms. The molecule has 2 heterocycles. The fourth-order valence-corrected chi connectivity index (χ4v) is 3.71. The number of aromatic nitrogens is 4. The topological polar surface area (TPSA) is 137 Å². The summed E-state index contributed by atoms with van der Waals surface area (Å²) in [7, 11) is 0. The number of ether oxygens (including phenoxy) is 1. The van der Waals surface area contributed by atoms with Crippen LogP contribution in [0.3, 0.4) is 0 Å². The number of hydrogen-bond acceptors (Lipinski definition) is 9. The number of amides is 1. The molecule has 1 amide bonds. The maximum Gasteiger partial charge on any atom is 0.270 e. The zero-order chi connectivity index (χ0) is 23.6.